The van der Waals surface area contributed by atoms with Crippen LogP contribution in [0.3, 0.4) is 0 Å². The summed E-state index contributed by atoms with van der Waals surface area (Å²) in [4.78, 5) is 2.59. The Bertz CT molecular complexity index is 422. The Morgan fingerprint density at radius 2 is 1.76 bits per heavy atom. The van der Waals surface area contributed by atoms with Gasteiger partial charge >= 0.3 is 0 Å². The molecule has 6 heteroatoms. The summed E-state index contributed by atoms with van der Waals surface area (Å²) >= 11 is 0. The zero-order chi connectivity index (χ0) is 15.6. The maximum atomic E-state index is 11.8. The Labute approximate surface area is 130 Å². The van der Waals surface area contributed by atoms with Gasteiger partial charge in [0.25, 0.3) is 0 Å². The fourth-order valence-corrected chi connectivity index (χ4v) is 4.51. The van der Waals surface area contributed by atoms with Crippen molar-refractivity contribution >= 4 is 10.0 Å². The molecule has 2 bridgehead atoms. The van der Waals surface area contributed by atoms with Crippen LogP contribution in [0.25, 0.3) is 0 Å². The number of hydrogen-bond donors (Lipinski definition) is 1. The maximum absolute atomic E-state index is 11.8. The quantitative estimate of drug-likeness (QED) is 0.793. The molecule has 0 aromatic carbocycles. The highest BCUT2D eigenvalue weighted by atomic mass is 32.2. The van der Waals surface area contributed by atoms with Gasteiger partial charge in [-0.2, -0.15) is 0 Å². The Morgan fingerprint density at radius 1 is 1.19 bits per heavy atom. The van der Waals surface area contributed by atoms with Gasteiger partial charge in [0.15, 0.2) is 0 Å². The second-order valence-electron chi connectivity index (χ2n) is 7.08. The zero-order valence-electron chi connectivity index (χ0n) is 13.9. The number of hydrogen-bond acceptors (Lipinski definition) is 4. The third kappa shape index (κ3) is 4.18. The number of nitrogens with zero attached hydrogens (tertiary/aromatic N) is 2. The number of likely N-dealkylation sites (tertiary alicyclic amines) is 1. The van der Waals surface area contributed by atoms with Gasteiger partial charge in [0, 0.05) is 45.8 Å². The van der Waals surface area contributed by atoms with E-state index >= 15 is 0 Å². The van der Waals surface area contributed by atoms with Crippen LogP contribution in [-0.2, 0) is 10.0 Å². The van der Waals surface area contributed by atoms with Crippen molar-refractivity contribution in [3.05, 3.63) is 0 Å². The first-order chi connectivity index (χ1) is 9.81. The van der Waals surface area contributed by atoms with Crippen LogP contribution in [0.1, 0.15) is 33.1 Å². The smallest absolute Gasteiger partial charge is 0.214 e. The minimum atomic E-state index is -3.09. The molecule has 0 spiro atoms. The van der Waals surface area contributed by atoms with E-state index in [0.29, 0.717) is 30.5 Å². The normalized spacial score (nSPS) is 31.0. The molecule has 1 saturated carbocycles. The summed E-state index contributed by atoms with van der Waals surface area (Å²) in [5.74, 6) is 1.56. The van der Waals surface area contributed by atoms with Crippen molar-refractivity contribution in [2.75, 3.05) is 39.5 Å². The van der Waals surface area contributed by atoms with E-state index in [1.54, 1.807) is 14.1 Å². The van der Waals surface area contributed by atoms with Gasteiger partial charge in [-0.1, -0.05) is 6.42 Å². The second-order valence-corrected chi connectivity index (χ2v) is 9.38. The average molecular weight is 317 g/mol. The fraction of sp³-hybridized carbons (Fsp3) is 1.00. The molecule has 2 aliphatic rings. The van der Waals surface area contributed by atoms with Crippen molar-refractivity contribution in [3.63, 3.8) is 0 Å². The fourth-order valence-electron chi connectivity index (χ4n) is 3.77. The molecule has 21 heavy (non-hydrogen) atoms. The van der Waals surface area contributed by atoms with Crippen molar-refractivity contribution in [1.29, 1.82) is 0 Å². The largest absolute Gasteiger partial charge is 0.312 e. The Hall–Kier alpha value is -0.170. The third-order valence-corrected chi connectivity index (χ3v) is 6.96. The van der Waals surface area contributed by atoms with E-state index in [1.807, 2.05) is 0 Å². The highest BCUT2D eigenvalue weighted by Crippen LogP contribution is 2.35. The number of rotatable bonds is 6. The van der Waals surface area contributed by atoms with Crippen molar-refractivity contribution in [1.82, 2.24) is 14.5 Å². The molecular weight excluding hydrogens is 286 g/mol. The molecule has 124 valence electrons. The average Bonchev–Trinajstić information content (AvgIpc) is 2.37. The van der Waals surface area contributed by atoms with E-state index in [9.17, 15) is 8.42 Å². The lowest BCUT2D eigenvalue weighted by atomic mass is 9.73. The molecule has 1 aliphatic heterocycles. The molecule has 5 nitrogen and oxygen atoms in total. The first-order valence-corrected chi connectivity index (χ1v) is 9.80. The van der Waals surface area contributed by atoms with Gasteiger partial charge in [0.05, 0.1) is 5.75 Å². The molecule has 2 atom stereocenters. The minimum Gasteiger partial charge on any atom is -0.312 e. The van der Waals surface area contributed by atoms with E-state index in [0.717, 1.165) is 13.1 Å². The minimum absolute atomic E-state index is 0.198. The van der Waals surface area contributed by atoms with Crippen LogP contribution in [0.15, 0.2) is 0 Å². The van der Waals surface area contributed by atoms with E-state index in [2.05, 4.69) is 24.1 Å². The molecule has 0 amide bonds. The highest BCUT2D eigenvalue weighted by Gasteiger charge is 2.39. The third-order valence-electron chi connectivity index (χ3n) is 5.13. The van der Waals surface area contributed by atoms with Crippen LogP contribution >= 0.6 is 0 Å². The van der Waals surface area contributed by atoms with Gasteiger partial charge in [0.1, 0.15) is 0 Å². The Kier molecular flexibility index (Phi) is 5.68. The number of nitrogens with one attached hydrogen (secondary N) is 1. The number of fused-ring (bicyclic) bond motifs is 2. The predicted octanol–water partition coefficient (Wildman–Crippen LogP) is 0.976. The van der Waals surface area contributed by atoms with E-state index in [1.165, 1.54) is 23.6 Å². The molecule has 1 heterocycles. The van der Waals surface area contributed by atoms with Crippen LogP contribution in [0, 0.1) is 11.8 Å². The summed E-state index contributed by atoms with van der Waals surface area (Å²) in [7, 11) is 0.118. The van der Waals surface area contributed by atoms with Gasteiger partial charge < -0.3 is 10.2 Å². The van der Waals surface area contributed by atoms with Crippen LogP contribution in [0.4, 0.5) is 0 Å². The predicted molar refractivity (Wildman–Crippen MR) is 86.8 cm³/mol. The summed E-state index contributed by atoms with van der Waals surface area (Å²) in [6, 6.07) is 1.12. The van der Waals surface area contributed by atoms with Gasteiger partial charge in [-0.05, 0) is 38.5 Å². The van der Waals surface area contributed by atoms with E-state index in [4.69, 9.17) is 0 Å². The molecule has 0 radical (unpaired) electrons. The van der Waals surface area contributed by atoms with Gasteiger partial charge in [-0.25, -0.2) is 12.7 Å². The Balaban J connectivity index is 1.89. The summed E-state index contributed by atoms with van der Waals surface area (Å²) in [6.45, 7) is 7.43. The molecule has 2 unspecified atom stereocenters. The molecule has 0 aromatic heterocycles. The van der Waals surface area contributed by atoms with Crippen molar-refractivity contribution < 1.29 is 8.42 Å². The highest BCUT2D eigenvalue weighted by molar-refractivity contribution is 7.89. The molecule has 0 aromatic rings. The SMILES string of the molecule is CC(C)N1CC2CCCC(C1)C2NCCS(=O)(=O)N(C)C. The summed E-state index contributed by atoms with van der Waals surface area (Å²) < 4.78 is 25.0. The van der Waals surface area contributed by atoms with Gasteiger partial charge in [-0.15, -0.1) is 0 Å². The molecule has 1 aliphatic carbocycles. The number of piperidine rings is 1. The van der Waals surface area contributed by atoms with Crippen LogP contribution < -0.4 is 5.32 Å². The van der Waals surface area contributed by atoms with Crippen LogP contribution in [0.5, 0.6) is 0 Å². The van der Waals surface area contributed by atoms with E-state index < -0.39 is 10.0 Å². The molecule has 1 N–H and O–H groups in total. The summed E-state index contributed by atoms with van der Waals surface area (Å²) in [5, 5.41) is 3.56. The van der Waals surface area contributed by atoms with Gasteiger partial charge in [0.2, 0.25) is 10.0 Å². The van der Waals surface area contributed by atoms with Crippen molar-refractivity contribution in [2.45, 2.75) is 45.2 Å². The molecular formula is C15H31N3O2S. The van der Waals surface area contributed by atoms with Crippen LogP contribution in [0.2, 0.25) is 0 Å². The summed E-state index contributed by atoms with van der Waals surface area (Å²) in [6.07, 6.45) is 3.88. The lowest BCUT2D eigenvalue weighted by Gasteiger charge is -2.49. The number of sulfonamides is 1. The molecule has 2 rings (SSSR count). The molecule has 2 fully saturated rings. The topological polar surface area (TPSA) is 52.7 Å². The monoisotopic (exact) mass is 317 g/mol. The first kappa shape index (κ1) is 17.2. The summed E-state index contributed by atoms with van der Waals surface area (Å²) in [5.41, 5.74) is 0. The standard InChI is InChI=1S/C15H31N3O2S/c1-12(2)18-10-13-6-5-7-14(11-18)15(13)16-8-9-21(19,20)17(3)4/h12-16H,5-11H2,1-4H3. The van der Waals surface area contributed by atoms with Gasteiger partial charge in [-0.3, -0.25) is 0 Å². The van der Waals surface area contributed by atoms with Crippen molar-refractivity contribution in [2.24, 2.45) is 11.8 Å². The zero-order valence-corrected chi connectivity index (χ0v) is 14.7. The lowest BCUT2D eigenvalue weighted by molar-refractivity contribution is 0.0305. The second kappa shape index (κ2) is 6.94. The van der Waals surface area contributed by atoms with Crippen molar-refractivity contribution in [3.8, 4) is 0 Å². The molecule has 1 saturated heterocycles. The Morgan fingerprint density at radius 3 is 2.24 bits per heavy atom. The lowest BCUT2D eigenvalue weighted by Crippen LogP contribution is -2.58. The maximum Gasteiger partial charge on any atom is 0.214 e. The van der Waals surface area contributed by atoms with E-state index in [-0.39, 0.29) is 5.75 Å². The van der Waals surface area contributed by atoms with Crippen LogP contribution in [-0.4, -0.2) is 69.2 Å². The first-order valence-electron chi connectivity index (χ1n) is 8.19.